The molecule has 0 aromatic carbocycles. The van der Waals surface area contributed by atoms with Gasteiger partial charge in [0.25, 0.3) is 0 Å². The first kappa shape index (κ1) is 15.8. The van der Waals surface area contributed by atoms with Crippen LogP contribution in [-0.2, 0) is 6.54 Å². The van der Waals surface area contributed by atoms with Crippen molar-refractivity contribution in [3.63, 3.8) is 0 Å². The third-order valence-corrected chi connectivity index (χ3v) is 3.78. The number of likely N-dealkylation sites (tertiary alicyclic amines) is 1. The standard InChI is InChI=1S/C15H28N6/c1-16-15(17-7-4-12-20-10-2-3-11-20)18-8-5-13-21-14-6-9-19-21/h6,9,14H,2-5,7-8,10-13H2,1H3,(H2,16,17,18). The summed E-state index contributed by atoms with van der Waals surface area (Å²) >= 11 is 0. The monoisotopic (exact) mass is 292 g/mol. The predicted octanol–water partition coefficient (Wildman–Crippen LogP) is 0.924. The molecule has 0 atom stereocenters. The van der Waals surface area contributed by atoms with Gasteiger partial charge in [-0.15, -0.1) is 0 Å². The molecular weight excluding hydrogens is 264 g/mol. The highest BCUT2D eigenvalue weighted by Crippen LogP contribution is 2.06. The minimum atomic E-state index is 0.900. The predicted molar refractivity (Wildman–Crippen MR) is 86.5 cm³/mol. The fourth-order valence-corrected chi connectivity index (χ4v) is 2.62. The summed E-state index contributed by atoms with van der Waals surface area (Å²) in [6.45, 7) is 6.58. The Kier molecular flexibility index (Phi) is 7.07. The number of rotatable bonds is 8. The molecule has 1 saturated heterocycles. The molecule has 0 radical (unpaired) electrons. The lowest BCUT2D eigenvalue weighted by atomic mass is 10.4. The van der Waals surface area contributed by atoms with Gasteiger partial charge in [-0.3, -0.25) is 9.67 Å². The average molecular weight is 292 g/mol. The number of aromatic nitrogens is 2. The molecule has 0 amide bonds. The van der Waals surface area contributed by atoms with Crippen LogP contribution in [0.25, 0.3) is 0 Å². The summed E-state index contributed by atoms with van der Waals surface area (Å²) in [6.07, 6.45) is 8.75. The molecule has 2 N–H and O–H groups in total. The summed E-state index contributed by atoms with van der Waals surface area (Å²) in [5.41, 5.74) is 0. The molecule has 0 aliphatic carbocycles. The van der Waals surface area contributed by atoms with E-state index in [2.05, 4.69) is 25.6 Å². The van der Waals surface area contributed by atoms with Crippen LogP contribution in [-0.4, -0.2) is 60.4 Å². The summed E-state index contributed by atoms with van der Waals surface area (Å²) in [4.78, 5) is 6.79. The molecule has 6 nitrogen and oxygen atoms in total. The van der Waals surface area contributed by atoms with Crippen LogP contribution in [0.4, 0.5) is 0 Å². The van der Waals surface area contributed by atoms with Crippen molar-refractivity contribution >= 4 is 5.96 Å². The van der Waals surface area contributed by atoms with E-state index in [0.29, 0.717) is 0 Å². The number of aliphatic imine (C=N–C) groups is 1. The van der Waals surface area contributed by atoms with Crippen molar-refractivity contribution in [2.75, 3.05) is 39.8 Å². The summed E-state index contributed by atoms with van der Waals surface area (Å²) in [5.74, 6) is 0.900. The third kappa shape index (κ3) is 6.16. The molecule has 1 aromatic rings. The fourth-order valence-electron chi connectivity index (χ4n) is 2.62. The van der Waals surface area contributed by atoms with Gasteiger partial charge in [0, 0.05) is 39.1 Å². The summed E-state index contributed by atoms with van der Waals surface area (Å²) in [7, 11) is 1.82. The molecule has 21 heavy (non-hydrogen) atoms. The van der Waals surface area contributed by atoms with Crippen LogP contribution < -0.4 is 10.6 Å². The van der Waals surface area contributed by atoms with Gasteiger partial charge in [-0.2, -0.15) is 5.10 Å². The van der Waals surface area contributed by atoms with Gasteiger partial charge in [0.15, 0.2) is 5.96 Å². The molecule has 2 heterocycles. The summed E-state index contributed by atoms with van der Waals surface area (Å²) in [5, 5.41) is 10.9. The molecule has 1 fully saturated rings. The fraction of sp³-hybridized carbons (Fsp3) is 0.733. The molecule has 0 spiro atoms. The highest BCUT2D eigenvalue weighted by Gasteiger charge is 2.10. The number of nitrogens with one attached hydrogen (secondary N) is 2. The van der Waals surface area contributed by atoms with E-state index in [9.17, 15) is 0 Å². The Morgan fingerprint density at radius 2 is 1.86 bits per heavy atom. The highest BCUT2D eigenvalue weighted by atomic mass is 15.3. The largest absolute Gasteiger partial charge is 0.356 e. The van der Waals surface area contributed by atoms with Crippen molar-refractivity contribution < 1.29 is 0 Å². The molecular formula is C15H28N6. The van der Waals surface area contributed by atoms with E-state index in [1.165, 1.54) is 38.9 Å². The van der Waals surface area contributed by atoms with Crippen molar-refractivity contribution in [3.8, 4) is 0 Å². The molecule has 0 unspecified atom stereocenters. The number of aryl methyl sites for hydroxylation is 1. The van der Waals surface area contributed by atoms with E-state index in [0.717, 1.165) is 32.0 Å². The van der Waals surface area contributed by atoms with Gasteiger partial charge < -0.3 is 15.5 Å². The Morgan fingerprint density at radius 3 is 2.48 bits per heavy atom. The lowest BCUT2D eigenvalue weighted by molar-refractivity contribution is 0.334. The first-order chi connectivity index (χ1) is 10.4. The molecule has 6 heteroatoms. The smallest absolute Gasteiger partial charge is 0.190 e. The average Bonchev–Trinajstić information content (AvgIpc) is 3.19. The molecule has 1 aromatic heterocycles. The van der Waals surface area contributed by atoms with E-state index >= 15 is 0 Å². The van der Waals surface area contributed by atoms with E-state index in [-0.39, 0.29) is 0 Å². The van der Waals surface area contributed by atoms with Crippen molar-refractivity contribution in [3.05, 3.63) is 18.5 Å². The summed E-state index contributed by atoms with van der Waals surface area (Å²) in [6, 6.07) is 1.95. The minimum absolute atomic E-state index is 0.900. The molecule has 118 valence electrons. The quantitative estimate of drug-likeness (QED) is 0.425. The van der Waals surface area contributed by atoms with Crippen LogP contribution >= 0.6 is 0 Å². The van der Waals surface area contributed by atoms with Gasteiger partial charge in [-0.1, -0.05) is 0 Å². The molecule has 0 saturated carbocycles. The van der Waals surface area contributed by atoms with Gasteiger partial charge in [-0.05, 0) is 51.4 Å². The SMILES string of the molecule is CN=C(NCCCN1CCCC1)NCCCn1cccn1. The van der Waals surface area contributed by atoms with Gasteiger partial charge in [0.05, 0.1) is 0 Å². The number of hydrogen-bond donors (Lipinski definition) is 2. The first-order valence-electron chi connectivity index (χ1n) is 8.03. The zero-order valence-corrected chi connectivity index (χ0v) is 13.1. The van der Waals surface area contributed by atoms with Crippen LogP contribution in [0.3, 0.4) is 0 Å². The van der Waals surface area contributed by atoms with Gasteiger partial charge in [0.2, 0.25) is 0 Å². The van der Waals surface area contributed by atoms with Crippen LogP contribution in [0, 0.1) is 0 Å². The Labute approximate surface area is 127 Å². The normalized spacial score (nSPS) is 16.3. The molecule has 1 aliphatic heterocycles. The van der Waals surface area contributed by atoms with Crippen LogP contribution in [0.15, 0.2) is 23.5 Å². The zero-order chi connectivity index (χ0) is 14.8. The zero-order valence-electron chi connectivity index (χ0n) is 13.1. The minimum Gasteiger partial charge on any atom is -0.356 e. The van der Waals surface area contributed by atoms with Crippen LogP contribution in [0.2, 0.25) is 0 Å². The van der Waals surface area contributed by atoms with E-state index in [1.54, 1.807) is 0 Å². The number of hydrogen-bond acceptors (Lipinski definition) is 3. The van der Waals surface area contributed by atoms with Crippen LogP contribution in [0.1, 0.15) is 25.7 Å². The molecule has 0 bridgehead atoms. The Hall–Kier alpha value is -1.56. The maximum atomic E-state index is 4.25. The first-order valence-corrected chi connectivity index (χ1v) is 8.03. The lowest BCUT2D eigenvalue weighted by Gasteiger charge is -2.16. The van der Waals surface area contributed by atoms with Gasteiger partial charge in [-0.25, -0.2) is 0 Å². The third-order valence-electron chi connectivity index (χ3n) is 3.78. The maximum absolute atomic E-state index is 4.25. The number of nitrogens with zero attached hydrogens (tertiary/aromatic N) is 4. The highest BCUT2D eigenvalue weighted by molar-refractivity contribution is 5.79. The maximum Gasteiger partial charge on any atom is 0.190 e. The second kappa shape index (κ2) is 9.39. The topological polar surface area (TPSA) is 57.5 Å². The van der Waals surface area contributed by atoms with E-state index in [4.69, 9.17) is 0 Å². The van der Waals surface area contributed by atoms with Gasteiger partial charge in [0.1, 0.15) is 0 Å². The van der Waals surface area contributed by atoms with Crippen molar-refractivity contribution in [1.82, 2.24) is 25.3 Å². The van der Waals surface area contributed by atoms with Crippen molar-refractivity contribution in [1.29, 1.82) is 0 Å². The molecule has 1 aliphatic rings. The second-order valence-electron chi connectivity index (χ2n) is 5.45. The lowest BCUT2D eigenvalue weighted by Crippen LogP contribution is -2.39. The van der Waals surface area contributed by atoms with Gasteiger partial charge >= 0.3 is 0 Å². The van der Waals surface area contributed by atoms with Crippen LogP contribution in [0.5, 0.6) is 0 Å². The molecule has 2 rings (SSSR count). The Morgan fingerprint density at radius 1 is 1.14 bits per heavy atom. The number of guanidine groups is 1. The Balaban J connectivity index is 1.49. The Bertz CT molecular complexity index is 394. The summed E-state index contributed by atoms with van der Waals surface area (Å²) < 4.78 is 1.95. The van der Waals surface area contributed by atoms with Crippen molar-refractivity contribution in [2.45, 2.75) is 32.2 Å². The van der Waals surface area contributed by atoms with E-state index < -0.39 is 0 Å². The van der Waals surface area contributed by atoms with E-state index in [1.807, 2.05) is 30.2 Å². The van der Waals surface area contributed by atoms with Crippen molar-refractivity contribution in [2.24, 2.45) is 4.99 Å². The second-order valence-corrected chi connectivity index (χ2v) is 5.45.